The zero-order valence-corrected chi connectivity index (χ0v) is 23.5. The van der Waals surface area contributed by atoms with E-state index in [0.717, 1.165) is 88.0 Å². The molecular formula is C32H48F2N2O. The number of ether oxygens (including phenoxy) is 1. The van der Waals surface area contributed by atoms with Crippen LogP contribution in [0.25, 0.3) is 0 Å². The summed E-state index contributed by atoms with van der Waals surface area (Å²) >= 11 is 0. The third-order valence-corrected chi connectivity index (χ3v) is 7.79. The minimum absolute atomic E-state index is 0.0410. The van der Waals surface area contributed by atoms with Crippen molar-refractivity contribution in [2.75, 3.05) is 13.2 Å². The molecule has 1 heterocycles. The minimum atomic E-state index is -0.652. The molecule has 2 unspecified atom stereocenters. The van der Waals surface area contributed by atoms with Crippen LogP contribution in [0.1, 0.15) is 125 Å². The van der Waals surface area contributed by atoms with Gasteiger partial charge in [-0.1, -0.05) is 71.8 Å². The molecule has 0 aliphatic heterocycles. The molecule has 1 aromatic carbocycles. The molecule has 0 saturated heterocycles. The molecule has 2 aromatic rings. The maximum Gasteiger partial charge on any atom is 0.162 e. The highest BCUT2D eigenvalue weighted by molar-refractivity contribution is 5.38. The van der Waals surface area contributed by atoms with Gasteiger partial charge >= 0.3 is 0 Å². The lowest BCUT2D eigenvalue weighted by molar-refractivity contribution is 0.126. The van der Waals surface area contributed by atoms with Crippen LogP contribution in [0.2, 0.25) is 0 Å². The third-order valence-electron chi connectivity index (χ3n) is 7.79. The van der Waals surface area contributed by atoms with Crippen LogP contribution in [0.5, 0.6) is 0 Å². The lowest BCUT2D eigenvalue weighted by atomic mass is 9.81. The van der Waals surface area contributed by atoms with Crippen LogP contribution in [-0.4, -0.2) is 23.2 Å². The van der Waals surface area contributed by atoms with Crippen LogP contribution in [-0.2, 0) is 30.4 Å². The van der Waals surface area contributed by atoms with E-state index in [1.165, 1.54) is 25.7 Å². The summed E-state index contributed by atoms with van der Waals surface area (Å²) < 4.78 is 35.7. The van der Waals surface area contributed by atoms with E-state index in [1.54, 1.807) is 0 Å². The second-order valence-electron chi connectivity index (χ2n) is 11.1. The second-order valence-corrected chi connectivity index (χ2v) is 11.1. The SMILES string of the molecule is CCCCCCOCCCCCc1cnc(C2CCc3cc(CC(C)CCCC)c(F)c(F)c3C2)nc1. The topological polar surface area (TPSA) is 35.0 Å². The first-order valence-corrected chi connectivity index (χ1v) is 14.9. The largest absolute Gasteiger partial charge is 0.381 e. The smallest absolute Gasteiger partial charge is 0.162 e. The summed E-state index contributed by atoms with van der Waals surface area (Å²) in [7, 11) is 0. The van der Waals surface area contributed by atoms with Gasteiger partial charge in [-0.2, -0.15) is 0 Å². The molecule has 0 spiro atoms. The molecule has 3 rings (SSSR count). The van der Waals surface area contributed by atoms with Crippen molar-refractivity contribution in [3.63, 3.8) is 0 Å². The van der Waals surface area contributed by atoms with E-state index >= 15 is 4.39 Å². The average Bonchev–Trinajstić information content (AvgIpc) is 2.91. The third kappa shape index (κ3) is 9.42. The van der Waals surface area contributed by atoms with Gasteiger partial charge in [0.05, 0.1) is 0 Å². The lowest BCUT2D eigenvalue weighted by Gasteiger charge is -2.25. The number of hydrogen-bond acceptors (Lipinski definition) is 3. The van der Waals surface area contributed by atoms with Crippen molar-refractivity contribution in [2.45, 2.75) is 123 Å². The molecule has 2 atom stereocenters. The monoisotopic (exact) mass is 514 g/mol. The number of rotatable bonds is 17. The number of aromatic nitrogens is 2. The highest BCUT2D eigenvalue weighted by atomic mass is 19.2. The van der Waals surface area contributed by atoms with Crippen molar-refractivity contribution in [2.24, 2.45) is 5.92 Å². The Kier molecular flexibility index (Phi) is 13.0. The second kappa shape index (κ2) is 16.2. The molecule has 37 heavy (non-hydrogen) atoms. The molecule has 1 aromatic heterocycles. The Balaban J connectivity index is 1.45. The normalized spacial score (nSPS) is 16.1. The fourth-order valence-electron chi connectivity index (χ4n) is 5.44. The molecule has 1 aliphatic rings. The lowest BCUT2D eigenvalue weighted by Crippen LogP contribution is -2.19. The summed E-state index contributed by atoms with van der Waals surface area (Å²) in [6.07, 6.45) is 19.1. The number of halogens is 2. The van der Waals surface area contributed by atoms with Gasteiger partial charge in [0.1, 0.15) is 5.82 Å². The van der Waals surface area contributed by atoms with Crippen molar-refractivity contribution < 1.29 is 13.5 Å². The first-order chi connectivity index (χ1) is 18.0. The van der Waals surface area contributed by atoms with E-state index in [9.17, 15) is 4.39 Å². The van der Waals surface area contributed by atoms with Gasteiger partial charge in [-0.05, 0) is 79.5 Å². The number of hydrogen-bond donors (Lipinski definition) is 0. The maximum atomic E-state index is 15.1. The van der Waals surface area contributed by atoms with Crippen LogP contribution in [0.15, 0.2) is 18.5 Å². The Labute approximate surface area is 223 Å². The summed E-state index contributed by atoms with van der Waals surface area (Å²) in [5, 5.41) is 0. The Morgan fingerprint density at radius 3 is 2.32 bits per heavy atom. The molecule has 5 heteroatoms. The van der Waals surface area contributed by atoms with E-state index in [4.69, 9.17) is 4.74 Å². The maximum absolute atomic E-state index is 15.1. The number of unbranched alkanes of at least 4 members (excludes halogenated alkanes) is 6. The predicted molar refractivity (Wildman–Crippen MR) is 148 cm³/mol. The number of aryl methyl sites for hydroxylation is 2. The quantitative estimate of drug-likeness (QED) is 0.198. The summed E-state index contributed by atoms with van der Waals surface area (Å²) in [5.74, 6) is -0.145. The van der Waals surface area contributed by atoms with E-state index in [1.807, 2.05) is 18.5 Å². The average molecular weight is 515 g/mol. The molecule has 0 radical (unpaired) electrons. The first kappa shape index (κ1) is 29.7. The molecule has 0 amide bonds. The fourth-order valence-corrected chi connectivity index (χ4v) is 5.44. The predicted octanol–water partition coefficient (Wildman–Crippen LogP) is 8.71. The summed E-state index contributed by atoms with van der Waals surface area (Å²) in [5.41, 5.74) is 3.17. The van der Waals surface area contributed by atoms with Crippen molar-refractivity contribution in [1.29, 1.82) is 0 Å². The van der Waals surface area contributed by atoms with Gasteiger partial charge in [-0.3, -0.25) is 0 Å². The molecule has 0 bridgehead atoms. The van der Waals surface area contributed by atoms with Crippen LogP contribution < -0.4 is 0 Å². The standard InChI is InChI=1S/C32H48F2N2O/c1-4-6-8-11-17-37-18-12-9-10-14-25-22-35-32(36-23-25)27-16-15-26-20-28(19-24(3)13-7-5-2)30(33)31(34)29(26)21-27/h20,22-24,27H,4-19,21H2,1-3H3. The van der Waals surface area contributed by atoms with Crippen molar-refractivity contribution in [3.05, 3.63) is 58.2 Å². The zero-order valence-electron chi connectivity index (χ0n) is 23.5. The summed E-state index contributed by atoms with van der Waals surface area (Å²) in [6.45, 7) is 8.25. The zero-order chi connectivity index (χ0) is 26.5. The molecule has 1 aliphatic carbocycles. The molecule has 0 saturated carbocycles. The van der Waals surface area contributed by atoms with E-state index in [-0.39, 0.29) is 5.92 Å². The highest BCUT2D eigenvalue weighted by Crippen LogP contribution is 2.35. The van der Waals surface area contributed by atoms with E-state index < -0.39 is 11.6 Å². The number of fused-ring (bicyclic) bond motifs is 1. The summed E-state index contributed by atoms with van der Waals surface area (Å²) in [6, 6.07) is 1.92. The molecule has 0 fully saturated rings. The Bertz CT molecular complexity index is 931. The number of benzene rings is 1. The van der Waals surface area contributed by atoms with E-state index in [0.29, 0.717) is 29.9 Å². The van der Waals surface area contributed by atoms with Gasteiger partial charge < -0.3 is 4.74 Å². The molecule has 0 N–H and O–H groups in total. The molecule has 206 valence electrons. The minimum Gasteiger partial charge on any atom is -0.381 e. The summed E-state index contributed by atoms with van der Waals surface area (Å²) in [4.78, 5) is 9.25. The highest BCUT2D eigenvalue weighted by Gasteiger charge is 2.28. The van der Waals surface area contributed by atoms with Gasteiger partial charge in [0.2, 0.25) is 0 Å². The fraction of sp³-hybridized carbons (Fsp3) is 0.688. The van der Waals surface area contributed by atoms with Crippen LogP contribution >= 0.6 is 0 Å². The van der Waals surface area contributed by atoms with Crippen molar-refractivity contribution in [1.82, 2.24) is 9.97 Å². The van der Waals surface area contributed by atoms with E-state index in [2.05, 4.69) is 30.7 Å². The van der Waals surface area contributed by atoms with Crippen LogP contribution in [0, 0.1) is 17.6 Å². The van der Waals surface area contributed by atoms with Crippen LogP contribution in [0.4, 0.5) is 8.78 Å². The Morgan fingerprint density at radius 2 is 1.62 bits per heavy atom. The van der Waals surface area contributed by atoms with Gasteiger partial charge in [0, 0.05) is 31.5 Å². The molecular weight excluding hydrogens is 466 g/mol. The molecule has 3 nitrogen and oxygen atoms in total. The number of nitrogens with zero attached hydrogens (tertiary/aromatic N) is 2. The van der Waals surface area contributed by atoms with Crippen molar-refractivity contribution >= 4 is 0 Å². The van der Waals surface area contributed by atoms with Gasteiger partial charge in [-0.25, -0.2) is 18.7 Å². The van der Waals surface area contributed by atoms with Crippen molar-refractivity contribution in [3.8, 4) is 0 Å². The Morgan fingerprint density at radius 1 is 0.919 bits per heavy atom. The Hall–Kier alpha value is -1.88. The van der Waals surface area contributed by atoms with Crippen LogP contribution in [0.3, 0.4) is 0 Å². The van der Waals surface area contributed by atoms with Gasteiger partial charge in [-0.15, -0.1) is 0 Å². The van der Waals surface area contributed by atoms with Gasteiger partial charge in [0.25, 0.3) is 0 Å². The first-order valence-electron chi connectivity index (χ1n) is 14.9. The van der Waals surface area contributed by atoms with Gasteiger partial charge in [0.15, 0.2) is 11.6 Å².